The van der Waals surface area contributed by atoms with E-state index in [-0.39, 0.29) is 24.3 Å². The summed E-state index contributed by atoms with van der Waals surface area (Å²) in [7, 11) is 3.71. The van der Waals surface area contributed by atoms with Crippen molar-refractivity contribution in [2.45, 2.75) is 57.8 Å². The van der Waals surface area contributed by atoms with Crippen LogP contribution in [0.3, 0.4) is 0 Å². The van der Waals surface area contributed by atoms with Crippen LogP contribution in [0.5, 0.6) is 11.6 Å². The number of ether oxygens (including phenoxy) is 3. The number of halogens is 2. The van der Waals surface area contributed by atoms with E-state index in [1.165, 1.54) is 18.5 Å². The minimum absolute atomic E-state index is 0.0187. The van der Waals surface area contributed by atoms with E-state index in [1.54, 1.807) is 40.0 Å². The van der Waals surface area contributed by atoms with Gasteiger partial charge in [0.1, 0.15) is 41.1 Å². The highest BCUT2D eigenvalue weighted by Crippen LogP contribution is 2.35. The fraction of sp³-hybridized carbons (Fsp3) is 0.485. The predicted molar refractivity (Wildman–Crippen MR) is 172 cm³/mol. The second kappa shape index (κ2) is 13.5. The quantitative estimate of drug-likeness (QED) is 0.357. The molecule has 0 bridgehead atoms. The van der Waals surface area contributed by atoms with Crippen molar-refractivity contribution in [2.24, 2.45) is 0 Å². The molecule has 0 saturated carbocycles. The second-order valence-corrected chi connectivity index (χ2v) is 12.8. The maximum atomic E-state index is 15.1. The van der Waals surface area contributed by atoms with Gasteiger partial charge in [-0.3, -0.25) is 0 Å². The van der Waals surface area contributed by atoms with Gasteiger partial charge in [-0.05, 0) is 65.1 Å². The number of hydrogen-bond donors (Lipinski definition) is 1. The summed E-state index contributed by atoms with van der Waals surface area (Å²) >= 11 is 0. The normalized spacial score (nSPS) is 19.9. The lowest BCUT2D eigenvalue weighted by atomic mass is 10.0. The number of likely N-dealkylation sites (N-methyl/N-ethyl adjacent to an activating group) is 1. The molecule has 2 aliphatic rings. The first-order valence-electron chi connectivity index (χ1n) is 15.4. The van der Waals surface area contributed by atoms with Crippen molar-refractivity contribution < 1.29 is 27.8 Å². The van der Waals surface area contributed by atoms with E-state index < -0.39 is 30.3 Å². The third-order valence-electron chi connectivity index (χ3n) is 8.11. The molecule has 14 heteroatoms. The molecular formula is C33H40F2N8O4. The van der Waals surface area contributed by atoms with Crippen LogP contribution >= 0.6 is 0 Å². The number of carbonyl (C=O) groups excluding carboxylic acids is 1. The molecule has 0 radical (unpaired) electrons. The van der Waals surface area contributed by atoms with Crippen molar-refractivity contribution >= 4 is 23.4 Å². The zero-order valence-corrected chi connectivity index (χ0v) is 27.5. The van der Waals surface area contributed by atoms with Crippen molar-refractivity contribution in [1.29, 1.82) is 5.26 Å². The van der Waals surface area contributed by atoms with E-state index in [9.17, 15) is 10.1 Å². The number of alkyl halides is 2. The Balaban J connectivity index is 1.28. The number of nitrogens with zero attached hydrogens (tertiary/aromatic N) is 7. The molecule has 0 aliphatic carbocycles. The van der Waals surface area contributed by atoms with E-state index in [0.29, 0.717) is 34.8 Å². The molecule has 12 nitrogen and oxygen atoms in total. The molecule has 1 N–H and O–H groups in total. The third-order valence-corrected chi connectivity index (χ3v) is 8.11. The van der Waals surface area contributed by atoms with Gasteiger partial charge in [-0.15, -0.1) is 0 Å². The number of nitriles is 1. The van der Waals surface area contributed by atoms with Crippen molar-refractivity contribution in [3.05, 3.63) is 48.3 Å². The van der Waals surface area contributed by atoms with E-state index in [4.69, 9.17) is 14.2 Å². The van der Waals surface area contributed by atoms with Crippen molar-refractivity contribution in [3.63, 3.8) is 0 Å². The van der Waals surface area contributed by atoms with E-state index >= 15 is 8.78 Å². The van der Waals surface area contributed by atoms with Crippen LogP contribution in [0.1, 0.15) is 39.7 Å². The lowest BCUT2D eigenvalue weighted by molar-refractivity contribution is -0.137. The van der Waals surface area contributed by atoms with Crippen LogP contribution in [0.4, 0.5) is 30.9 Å². The summed E-state index contributed by atoms with van der Waals surface area (Å²) in [6, 6.07) is 12.6. The van der Waals surface area contributed by atoms with E-state index in [1.807, 2.05) is 18.2 Å². The number of benzene rings is 1. The number of piperazine rings is 1. The van der Waals surface area contributed by atoms with Gasteiger partial charge in [-0.2, -0.15) is 10.2 Å². The number of rotatable bonds is 7. The van der Waals surface area contributed by atoms with Gasteiger partial charge in [-0.1, -0.05) is 0 Å². The minimum Gasteiger partial charge on any atom is -0.483 e. The maximum Gasteiger partial charge on any atom is 0.410 e. The average molecular weight is 651 g/mol. The molecular weight excluding hydrogens is 610 g/mol. The number of pyridine rings is 1. The van der Waals surface area contributed by atoms with Gasteiger partial charge in [0.25, 0.3) is 0 Å². The molecule has 4 heterocycles. The fourth-order valence-electron chi connectivity index (χ4n) is 5.46. The summed E-state index contributed by atoms with van der Waals surface area (Å²) in [5, 5.41) is 13.0. The Kier molecular flexibility index (Phi) is 9.67. The SMILES string of the molecule is COc1nc(Nc2cc(-c3ccc(OC4CCN(C(=O)OC(C)(C)C)CC4(F)F)c(C#N)c3)ncn2)ccc1N1CCN(C)[C@@H](C)C1. The van der Waals surface area contributed by atoms with Crippen molar-refractivity contribution in [1.82, 2.24) is 24.8 Å². The van der Waals surface area contributed by atoms with Crippen LogP contribution in [-0.2, 0) is 4.74 Å². The molecule has 2 atom stereocenters. The first-order chi connectivity index (χ1) is 22.3. The van der Waals surface area contributed by atoms with Crippen LogP contribution in [-0.4, -0.2) is 101 Å². The third kappa shape index (κ3) is 7.97. The Morgan fingerprint density at radius 3 is 2.57 bits per heavy atom. The lowest BCUT2D eigenvalue weighted by Gasteiger charge is -2.39. The fourth-order valence-corrected chi connectivity index (χ4v) is 5.46. The number of methoxy groups -OCH3 is 1. The molecule has 250 valence electrons. The Hall–Kier alpha value is -4.77. The molecule has 0 spiro atoms. The summed E-state index contributed by atoms with van der Waals surface area (Å²) in [4.78, 5) is 31.2. The number of carbonyl (C=O) groups is 1. The van der Waals surface area contributed by atoms with Gasteiger partial charge in [-0.25, -0.2) is 23.5 Å². The van der Waals surface area contributed by atoms with Crippen LogP contribution in [0.15, 0.2) is 42.7 Å². The number of piperidine rings is 1. The Morgan fingerprint density at radius 1 is 1.11 bits per heavy atom. The topological polar surface area (TPSA) is 129 Å². The van der Waals surface area contributed by atoms with Gasteiger partial charge in [0.2, 0.25) is 5.88 Å². The van der Waals surface area contributed by atoms with Crippen LogP contribution in [0.25, 0.3) is 11.3 Å². The molecule has 5 rings (SSSR count). The number of likely N-dealkylation sites (tertiary alicyclic amines) is 1. The average Bonchev–Trinajstić information content (AvgIpc) is 3.02. The molecule has 2 aromatic heterocycles. The second-order valence-electron chi connectivity index (χ2n) is 12.8. The number of nitrogens with one attached hydrogen (secondary N) is 1. The Bertz CT molecular complexity index is 1640. The zero-order valence-electron chi connectivity index (χ0n) is 27.5. The summed E-state index contributed by atoms with van der Waals surface area (Å²) in [5.41, 5.74) is 1.25. The Labute approximate surface area is 273 Å². The molecule has 2 saturated heterocycles. The largest absolute Gasteiger partial charge is 0.483 e. The summed E-state index contributed by atoms with van der Waals surface area (Å²) in [6.45, 7) is 9.06. The number of amides is 1. The molecule has 2 fully saturated rings. The Morgan fingerprint density at radius 2 is 1.89 bits per heavy atom. The molecule has 1 aromatic carbocycles. The van der Waals surface area contributed by atoms with Crippen molar-refractivity contribution in [2.75, 3.05) is 57.1 Å². The summed E-state index contributed by atoms with van der Waals surface area (Å²) < 4.78 is 46.7. The molecule has 1 amide bonds. The number of aromatic nitrogens is 3. The van der Waals surface area contributed by atoms with Crippen LogP contribution < -0.4 is 19.7 Å². The minimum atomic E-state index is -3.36. The standard InChI is InChI=1S/C33H40F2N8O4/c1-21-18-42(14-13-41(21)5)25-8-10-28(40-30(25)45-6)39-29-16-24(37-20-38-29)22-7-9-26(23(15-22)17-36)46-27-11-12-43(19-33(27,34)35)31(44)47-32(2,3)4/h7-10,15-16,20-21,27H,11-14,18-19H2,1-6H3,(H,37,38,39,40)/t21-,27?/m0/s1. The predicted octanol–water partition coefficient (Wildman–Crippen LogP) is 5.33. The summed E-state index contributed by atoms with van der Waals surface area (Å²) in [6.07, 6.45) is -1.08. The molecule has 2 aliphatic heterocycles. The molecule has 1 unspecified atom stereocenters. The summed E-state index contributed by atoms with van der Waals surface area (Å²) in [5.74, 6) is -1.86. The first-order valence-corrected chi connectivity index (χ1v) is 15.4. The maximum absolute atomic E-state index is 15.1. The molecule has 47 heavy (non-hydrogen) atoms. The first kappa shape index (κ1) is 33.6. The highest BCUT2D eigenvalue weighted by Gasteiger charge is 2.48. The smallest absolute Gasteiger partial charge is 0.410 e. The lowest BCUT2D eigenvalue weighted by Crippen LogP contribution is -2.56. The number of hydrogen-bond acceptors (Lipinski definition) is 11. The van der Waals surface area contributed by atoms with Gasteiger partial charge in [0.05, 0.1) is 24.9 Å². The zero-order chi connectivity index (χ0) is 33.9. The van der Waals surface area contributed by atoms with Gasteiger partial charge < -0.3 is 34.2 Å². The van der Waals surface area contributed by atoms with Gasteiger partial charge in [0, 0.05) is 50.3 Å². The van der Waals surface area contributed by atoms with Gasteiger partial charge >= 0.3 is 12.0 Å². The van der Waals surface area contributed by atoms with Crippen LogP contribution in [0.2, 0.25) is 0 Å². The number of anilines is 3. The van der Waals surface area contributed by atoms with E-state index in [2.05, 4.69) is 44.0 Å². The van der Waals surface area contributed by atoms with Crippen molar-refractivity contribution in [3.8, 4) is 29.0 Å². The monoisotopic (exact) mass is 650 g/mol. The molecule has 3 aromatic rings. The van der Waals surface area contributed by atoms with E-state index in [0.717, 1.165) is 30.2 Å². The van der Waals surface area contributed by atoms with Gasteiger partial charge in [0.15, 0.2) is 6.10 Å². The highest BCUT2D eigenvalue weighted by molar-refractivity contribution is 5.69. The van der Waals surface area contributed by atoms with Crippen LogP contribution in [0, 0.1) is 11.3 Å². The highest BCUT2D eigenvalue weighted by atomic mass is 19.3.